The molecule has 0 radical (unpaired) electrons. The molecular formula is C17H16Cl2N2O3S. The summed E-state index contributed by atoms with van der Waals surface area (Å²) in [6.45, 7) is 2.71. The highest BCUT2D eigenvalue weighted by molar-refractivity contribution is 7.13. The third kappa shape index (κ3) is 3.81. The number of nitrogens with zero attached hydrogens (tertiary/aromatic N) is 2. The number of amides is 1. The van der Waals surface area contributed by atoms with Crippen LogP contribution in [0.2, 0.25) is 10.0 Å². The molecule has 5 nitrogen and oxygen atoms in total. The molecule has 1 aliphatic heterocycles. The molecule has 2 atom stereocenters. The number of aromatic nitrogens is 1. The molecule has 1 fully saturated rings. The van der Waals surface area contributed by atoms with Gasteiger partial charge in [0.1, 0.15) is 10.7 Å². The molecule has 1 aliphatic rings. The van der Waals surface area contributed by atoms with E-state index in [1.165, 1.54) is 11.3 Å². The molecule has 25 heavy (non-hydrogen) atoms. The number of piperidine rings is 1. The summed E-state index contributed by atoms with van der Waals surface area (Å²) in [4.78, 5) is 29.9. The lowest BCUT2D eigenvalue weighted by Gasteiger charge is -2.34. The van der Waals surface area contributed by atoms with Crippen LogP contribution in [0.1, 0.15) is 23.8 Å². The number of benzene rings is 1. The first-order valence-corrected chi connectivity index (χ1v) is 9.43. The first kappa shape index (κ1) is 18.2. The van der Waals surface area contributed by atoms with Crippen LogP contribution in [-0.2, 0) is 4.79 Å². The smallest absolute Gasteiger partial charge is 0.306 e. The summed E-state index contributed by atoms with van der Waals surface area (Å²) in [7, 11) is 0. The molecule has 0 bridgehead atoms. The number of thiazole rings is 1. The summed E-state index contributed by atoms with van der Waals surface area (Å²) in [5.74, 6) is -1.46. The zero-order chi connectivity index (χ0) is 18.1. The molecule has 0 aliphatic carbocycles. The second-order valence-corrected chi connectivity index (χ2v) is 7.83. The average Bonchev–Trinajstić information content (AvgIpc) is 3.03. The predicted molar refractivity (Wildman–Crippen MR) is 98.4 cm³/mol. The van der Waals surface area contributed by atoms with E-state index in [1.54, 1.807) is 28.5 Å². The van der Waals surface area contributed by atoms with Crippen LogP contribution in [0.3, 0.4) is 0 Å². The van der Waals surface area contributed by atoms with Gasteiger partial charge in [-0.25, -0.2) is 4.98 Å². The fourth-order valence-corrected chi connectivity index (χ4v) is 4.40. The molecule has 1 aromatic carbocycles. The van der Waals surface area contributed by atoms with Crippen LogP contribution in [-0.4, -0.2) is 40.0 Å². The van der Waals surface area contributed by atoms with Crippen molar-refractivity contribution in [1.82, 2.24) is 9.88 Å². The zero-order valence-corrected chi connectivity index (χ0v) is 15.7. The number of aliphatic carboxylic acids is 1. The molecule has 2 aromatic rings. The SMILES string of the molecule is CC1CN(C(=O)c2csc(-c3ccc(Cl)cc3Cl)n2)CCC1C(=O)O. The third-order valence-corrected chi connectivity index (χ3v) is 5.82. The van der Waals surface area contributed by atoms with Gasteiger partial charge in [-0.05, 0) is 30.5 Å². The molecule has 0 spiro atoms. The van der Waals surface area contributed by atoms with E-state index in [2.05, 4.69) is 4.98 Å². The lowest BCUT2D eigenvalue weighted by molar-refractivity contribution is -0.145. The number of halogens is 2. The molecule has 8 heteroatoms. The van der Waals surface area contributed by atoms with Crippen LogP contribution in [0.15, 0.2) is 23.6 Å². The summed E-state index contributed by atoms with van der Waals surface area (Å²) in [5, 5.41) is 12.6. The summed E-state index contributed by atoms with van der Waals surface area (Å²) < 4.78 is 0. The van der Waals surface area contributed by atoms with E-state index in [-0.39, 0.29) is 11.8 Å². The van der Waals surface area contributed by atoms with Crippen LogP contribution < -0.4 is 0 Å². The van der Waals surface area contributed by atoms with Crippen molar-refractivity contribution >= 4 is 46.4 Å². The summed E-state index contributed by atoms with van der Waals surface area (Å²) in [5.41, 5.74) is 1.08. The number of carbonyl (C=O) groups excluding carboxylic acids is 1. The van der Waals surface area contributed by atoms with Crippen LogP contribution in [0.4, 0.5) is 0 Å². The Kier molecular flexibility index (Phi) is 5.32. The fraction of sp³-hybridized carbons (Fsp3) is 0.353. The van der Waals surface area contributed by atoms with Crippen LogP contribution in [0, 0.1) is 11.8 Å². The van der Waals surface area contributed by atoms with Gasteiger partial charge in [0, 0.05) is 29.1 Å². The standard InChI is InChI=1S/C17H16Cl2N2O3S/c1-9-7-21(5-4-11(9)17(23)24)16(22)14-8-25-15(20-14)12-3-2-10(18)6-13(12)19/h2-3,6,8-9,11H,4-5,7H2,1H3,(H,23,24). The Morgan fingerprint density at radius 3 is 2.76 bits per heavy atom. The lowest BCUT2D eigenvalue weighted by atomic mass is 9.87. The van der Waals surface area contributed by atoms with Crippen molar-refractivity contribution in [2.75, 3.05) is 13.1 Å². The van der Waals surface area contributed by atoms with Gasteiger partial charge in [-0.2, -0.15) is 0 Å². The maximum atomic E-state index is 12.7. The highest BCUT2D eigenvalue weighted by Crippen LogP contribution is 2.33. The Morgan fingerprint density at radius 2 is 2.12 bits per heavy atom. The Morgan fingerprint density at radius 1 is 1.36 bits per heavy atom. The fourth-order valence-electron chi connectivity index (χ4n) is 3.02. The molecule has 1 aromatic heterocycles. The first-order valence-electron chi connectivity index (χ1n) is 7.80. The molecule has 2 heterocycles. The summed E-state index contributed by atoms with van der Waals surface area (Å²) >= 11 is 13.4. The van der Waals surface area contributed by atoms with Crippen molar-refractivity contribution in [2.45, 2.75) is 13.3 Å². The van der Waals surface area contributed by atoms with Crippen molar-refractivity contribution in [2.24, 2.45) is 11.8 Å². The lowest BCUT2D eigenvalue weighted by Crippen LogP contribution is -2.45. The minimum Gasteiger partial charge on any atom is -0.481 e. The topological polar surface area (TPSA) is 70.5 Å². The number of likely N-dealkylation sites (tertiary alicyclic amines) is 1. The summed E-state index contributed by atoms with van der Waals surface area (Å²) in [6.07, 6.45) is 0.461. The van der Waals surface area contributed by atoms with Crippen molar-refractivity contribution < 1.29 is 14.7 Å². The van der Waals surface area contributed by atoms with Crippen molar-refractivity contribution in [3.05, 3.63) is 39.3 Å². The zero-order valence-electron chi connectivity index (χ0n) is 13.4. The van der Waals surface area contributed by atoms with Gasteiger partial charge in [0.25, 0.3) is 5.91 Å². The van der Waals surface area contributed by atoms with Gasteiger partial charge in [0.15, 0.2) is 0 Å². The first-order chi connectivity index (χ1) is 11.9. The predicted octanol–water partition coefficient (Wildman–Crippen LogP) is 4.30. The van der Waals surface area contributed by atoms with Gasteiger partial charge < -0.3 is 10.0 Å². The number of carbonyl (C=O) groups is 2. The minimum atomic E-state index is -0.798. The van der Waals surface area contributed by atoms with E-state index in [9.17, 15) is 14.7 Å². The number of hydrogen-bond donors (Lipinski definition) is 1. The van der Waals surface area contributed by atoms with E-state index < -0.39 is 11.9 Å². The van der Waals surface area contributed by atoms with Gasteiger partial charge in [-0.3, -0.25) is 9.59 Å². The van der Waals surface area contributed by atoms with Crippen molar-refractivity contribution in [1.29, 1.82) is 0 Å². The average molecular weight is 399 g/mol. The van der Waals surface area contributed by atoms with E-state index in [0.29, 0.717) is 40.3 Å². The van der Waals surface area contributed by atoms with E-state index >= 15 is 0 Å². The van der Waals surface area contributed by atoms with Gasteiger partial charge in [0.05, 0.1) is 10.9 Å². The second kappa shape index (κ2) is 7.32. The largest absolute Gasteiger partial charge is 0.481 e. The number of hydrogen-bond acceptors (Lipinski definition) is 4. The molecule has 1 amide bonds. The number of carboxylic acid groups (broad SMARTS) is 1. The molecule has 132 valence electrons. The van der Waals surface area contributed by atoms with E-state index in [0.717, 1.165) is 5.56 Å². The van der Waals surface area contributed by atoms with Crippen LogP contribution >= 0.6 is 34.5 Å². The quantitative estimate of drug-likeness (QED) is 0.836. The number of rotatable bonds is 3. The molecule has 2 unspecified atom stereocenters. The third-order valence-electron chi connectivity index (χ3n) is 4.39. The van der Waals surface area contributed by atoms with Crippen LogP contribution in [0.5, 0.6) is 0 Å². The highest BCUT2D eigenvalue weighted by Gasteiger charge is 2.33. The Bertz CT molecular complexity index is 824. The minimum absolute atomic E-state index is 0.0842. The van der Waals surface area contributed by atoms with Crippen molar-refractivity contribution in [3.63, 3.8) is 0 Å². The summed E-state index contributed by atoms with van der Waals surface area (Å²) in [6, 6.07) is 5.14. The van der Waals surface area contributed by atoms with Crippen LogP contribution in [0.25, 0.3) is 10.6 Å². The van der Waals surface area contributed by atoms with Crippen molar-refractivity contribution in [3.8, 4) is 10.6 Å². The molecular weight excluding hydrogens is 383 g/mol. The molecule has 0 saturated carbocycles. The molecule has 3 rings (SSSR count). The van der Waals surface area contributed by atoms with E-state index in [4.69, 9.17) is 23.2 Å². The monoisotopic (exact) mass is 398 g/mol. The van der Waals surface area contributed by atoms with E-state index in [1.807, 2.05) is 6.92 Å². The normalized spacial score (nSPS) is 20.5. The van der Waals surface area contributed by atoms with Gasteiger partial charge in [-0.1, -0.05) is 30.1 Å². The Balaban J connectivity index is 1.76. The van der Waals surface area contributed by atoms with Gasteiger partial charge in [-0.15, -0.1) is 11.3 Å². The van der Waals surface area contributed by atoms with Gasteiger partial charge in [0.2, 0.25) is 0 Å². The molecule has 1 saturated heterocycles. The van der Waals surface area contributed by atoms with Gasteiger partial charge >= 0.3 is 5.97 Å². The maximum Gasteiger partial charge on any atom is 0.306 e. The maximum absolute atomic E-state index is 12.7. The molecule has 1 N–H and O–H groups in total. The Labute approximate surface area is 159 Å². The number of carboxylic acids is 1. The highest BCUT2D eigenvalue weighted by atomic mass is 35.5. The Hall–Kier alpha value is -1.63. The second-order valence-electron chi connectivity index (χ2n) is 6.12.